The Hall–Kier alpha value is -5.05. The molecule has 2 aliphatic heterocycles. The number of carbonyl (C=O) groups excluding carboxylic acids is 4. The summed E-state index contributed by atoms with van der Waals surface area (Å²) in [7, 11) is -0.627. The lowest BCUT2D eigenvalue weighted by Crippen LogP contribution is -2.55. The highest BCUT2D eigenvalue weighted by atomic mass is 32.2. The Balaban J connectivity index is 0.885. The molecule has 2 aromatic rings. The number of alkyl carbamates (subject to hydrolysis) is 2. The first-order valence-corrected chi connectivity index (χ1v) is 33.7. The quantitative estimate of drug-likeness (QED) is 0.0442. The van der Waals surface area contributed by atoms with E-state index in [1.165, 1.54) is 7.11 Å². The fourth-order valence-electron chi connectivity index (χ4n) is 14.4. The van der Waals surface area contributed by atoms with E-state index in [4.69, 9.17) is 18.9 Å². The molecule has 2 saturated heterocycles. The van der Waals surface area contributed by atoms with Gasteiger partial charge in [0, 0.05) is 95.0 Å². The lowest BCUT2D eigenvalue weighted by Gasteiger charge is -2.47. The molecule has 20 heteroatoms. The number of hydrogen-bond donors (Lipinski definition) is 4. The van der Waals surface area contributed by atoms with E-state index in [-0.39, 0.29) is 76.2 Å². The first-order chi connectivity index (χ1) is 40.5. The second-order valence-corrected chi connectivity index (χ2v) is 31.0. The topological polar surface area (TPSA) is 209 Å². The molecule has 5 aliphatic rings. The molecular weight excluding hydrogens is 1110 g/mol. The summed E-state index contributed by atoms with van der Waals surface area (Å²) in [6.45, 7) is 29.4. The van der Waals surface area contributed by atoms with Gasteiger partial charge in [0.2, 0.25) is 0 Å². The number of nitrogens with one attached hydrogen (secondary N) is 4. The van der Waals surface area contributed by atoms with Crippen LogP contribution in [0.5, 0.6) is 11.5 Å². The predicted octanol–water partition coefficient (Wildman–Crippen LogP) is 10.7. The minimum Gasteiger partial charge on any atom is -0.490 e. The Kier molecular flexibility index (Phi) is 23.5. The highest BCUT2D eigenvalue weighted by Gasteiger charge is 2.45. The molecule has 4 N–H and O–H groups in total. The van der Waals surface area contributed by atoms with Crippen LogP contribution in [0.15, 0.2) is 48.5 Å². The predicted molar refractivity (Wildman–Crippen MR) is 337 cm³/mol. The highest BCUT2D eigenvalue weighted by Crippen LogP contribution is 2.47. The number of benzene rings is 2. The van der Waals surface area contributed by atoms with Crippen LogP contribution in [-0.2, 0) is 29.2 Å². The van der Waals surface area contributed by atoms with Crippen LogP contribution in [0.2, 0.25) is 0 Å². The Bertz CT molecular complexity index is 2650. The van der Waals surface area contributed by atoms with Crippen molar-refractivity contribution in [3.8, 4) is 11.5 Å². The molecule has 0 bridgehead atoms. The van der Waals surface area contributed by atoms with Gasteiger partial charge in [-0.1, -0.05) is 112 Å². The van der Waals surface area contributed by atoms with Crippen molar-refractivity contribution in [1.29, 1.82) is 0 Å². The molecule has 2 aromatic carbocycles. The fraction of sp³-hybridized carbons (Fsp3) is 0.758. The van der Waals surface area contributed by atoms with E-state index in [9.17, 15) is 27.6 Å². The monoisotopic (exact) mass is 1220 g/mol. The molecule has 484 valence electrons. The fourth-order valence-corrected chi connectivity index (χ4v) is 15.1. The maximum absolute atomic E-state index is 14.0. The second-order valence-electron chi connectivity index (χ2n) is 29.1. The Labute approximate surface area is 515 Å². The zero-order valence-corrected chi connectivity index (χ0v) is 55.3. The smallest absolute Gasteiger partial charge is 0.407 e. The third-order valence-corrected chi connectivity index (χ3v) is 20.1. The first-order valence-electron chi connectivity index (χ1n) is 32.2. The summed E-state index contributed by atoms with van der Waals surface area (Å²) >= 11 is 0. The van der Waals surface area contributed by atoms with E-state index in [2.05, 4.69) is 136 Å². The van der Waals surface area contributed by atoms with Crippen LogP contribution in [0.25, 0.3) is 0 Å². The number of carbonyl (C=O) groups is 4. The Morgan fingerprint density at radius 3 is 1.62 bits per heavy atom. The average molecular weight is 1220 g/mol. The summed E-state index contributed by atoms with van der Waals surface area (Å²) in [4.78, 5) is 62.3. The van der Waals surface area contributed by atoms with Crippen molar-refractivity contribution in [1.82, 2.24) is 40.9 Å². The lowest BCUT2D eigenvalue weighted by molar-refractivity contribution is 0.0389. The molecular formula is C66H108N8O11S. The molecule has 5 fully saturated rings. The van der Waals surface area contributed by atoms with Crippen molar-refractivity contribution in [2.45, 2.75) is 214 Å². The molecule has 0 radical (unpaired) electrons. The molecule has 0 aromatic heterocycles. The second kappa shape index (κ2) is 29.5. The molecule has 3 aliphatic carbocycles. The maximum atomic E-state index is 14.0. The molecule has 86 heavy (non-hydrogen) atoms. The van der Waals surface area contributed by atoms with Gasteiger partial charge in [0.05, 0.1) is 12.9 Å². The molecule has 7 rings (SSSR count). The average Bonchev–Trinajstić information content (AvgIpc) is 4.57. The van der Waals surface area contributed by atoms with Gasteiger partial charge in [0.25, 0.3) is 10.1 Å². The van der Waals surface area contributed by atoms with Gasteiger partial charge < -0.3 is 50.0 Å². The molecule has 2 heterocycles. The number of rotatable bonds is 29. The van der Waals surface area contributed by atoms with Crippen molar-refractivity contribution >= 4 is 34.4 Å². The van der Waals surface area contributed by atoms with Crippen molar-refractivity contribution in [2.24, 2.45) is 21.7 Å². The van der Waals surface area contributed by atoms with Crippen LogP contribution in [0.1, 0.15) is 177 Å². The van der Waals surface area contributed by atoms with Crippen LogP contribution >= 0.6 is 0 Å². The van der Waals surface area contributed by atoms with Crippen LogP contribution in [0, 0.1) is 21.7 Å². The summed E-state index contributed by atoms with van der Waals surface area (Å²) in [5, 5.41) is 12.8. The lowest BCUT2D eigenvalue weighted by atomic mass is 9.62. The molecule has 3 saturated carbocycles. The Morgan fingerprint density at radius 1 is 0.663 bits per heavy atom. The molecule has 19 nitrogen and oxygen atoms in total. The maximum Gasteiger partial charge on any atom is 0.407 e. The summed E-state index contributed by atoms with van der Waals surface area (Å²) in [5.41, 5.74) is 1.16. The van der Waals surface area contributed by atoms with Gasteiger partial charge in [-0.25, -0.2) is 19.2 Å². The minimum absolute atomic E-state index is 0.0365. The van der Waals surface area contributed by atoms with Crippen molar-refractivity contribution in [3.05, 3.63) is 59.7 Å². The SMILES string of the molecule is CCCCN(C)C(=O)NCC1(C)CC(NC(=O)OC(COc2ccc(C(C)(C)c3ccc(OCC(CN4CC4C)OC(=O)NCC4(C)CC(NC(=O)N(CCCS(=O)(=O)OC)C5CCCCC5)CC(C)(C)C4)cc3)cc2)CN2CC2C)CC(C)(C)C1. The van der Waals surface area contributed by atoms with Crippen LogP contribution in [0.4, 0.5) is 19.2 Å². The summed E-state index contributed by atoms with van der Waals surface area (Å²) in [6.07, 6.45) is 10.2. The number of urea groups is 2. The number of hydrogen-bond acceptors (Lipinski definition) is 13. The van der Waals surface area contributed by atoms with Crippen LogP contribution < -0.4 is 30.7 Å². The van der Waals surface area contributed by atoms with E-state index in [0.717, 1.165) is 108 Å². The number of nitrogens with zero attached hydrogens (tertiary/aromatic N) is 4. The van der Waals surface area contributed by atoms with E-state index >= 15 is 0 Å². The third kappa shape index (κ3) is 21.1. The van der Waals surface area contributed by atoms with E-state index in [1.54, 1.807) is 4.90 Å². The van der Waals surface area contributed by atoms with Gasteiger partial charge in [0.15, 0.2) is 12.2 Å². The summed E-state index contributed by atoms with van der Waals surface area (Å²) in [6, 6.07) is 16.6. The molecule has 6 amide bonds. The standard InChI is InChI=1S/C66H108N8O11S/c1-14-15-30-71(12)58(75)67-45-65(10)36-52(34-63(6,7)43-65)70-61(78)85-57(40-73-38-48(73)3)42-83-55-28-24-50(25-29-55)64(8,9)49-22-26-54(27-23-49)82-41-56(39-72-37-47(72)2)84-60(77)68-46-66(11)35-51(33-62(4,5)44-66)69-59(76)74(53-20-17-16-18-21-53)31-19-32-86(79,80)81-13/h22-29,47-48,51-53,56-57H,14-21,30-46H2,1-13H3,(H,67,75)(H,68,77)(H,69,76)(H,70,78). The molecule has 0 spiro atoms. The van der Waals surface area contributed by atoms with Gasteiger partial charge >= 0.3 is 24.2 Å². The number of unbranched alkanes of at least 4 members (excludes halogenated alkanes) is 1. The molecule has 10 atom stereocenters. The van der Waals surface area contributed by atoms with Gasteiger partial charge in [-0.3, -0.25) is 14.0 Å². The van der Waals surface area contributed by atoms with Crippen molar-refractivity contribution in [2.75, 3.05) is 85.5 Å². The summed E-state index contributed by atoms with van der Waals surface area (Å²) in [5.74, 6) is 1.21. The minimum atomic E-state index is -3.63. The summed E-state index contributed by atoms with van der Waals surface area (Å²) < 4.78 is 53.8. The van der Waals surface area contributed by atoms with Gasteiger partial charge in [-0.2, -0.15) is 8.42 Å². The third-order valence-electron chi connectivity index (χ3n) is 18.8. The number of ether oxygens (including phenoxy) is 4. The van der Waals surface area contributed by atoms with Crippen LogP contribution in [-0.4, -0.2) is 180 Å². The van der Waals surface area contributed by atoms with Gasteiger partial charge in [0.1, 0.15) is 24.7 Å². The zero-order valence-electron chi connectivity index (χ0n) is 54.5. The highest BCUT2D eigenvalue weighted by molar-refractivity contribution is 7.86. The zero-order chi connectivity index (χ0) is 62.7. The normalized spacial score (nSPS) is 26.8. The molecule has 10 unspecified atom stereocenters. The van der Waals surface area contributed by atoms with Gasteiger partial charge in [-0.05, 0) is 135 Å². The van der Waals surface area contributed by atoms with Crippen molar-refractivity contribution < 1.29 is 50.7 Å². The van der Waals surface area contributed by atoms with E-state index in [0.29, 0.717) is 69.1 Å². The largest absolute Gasteiger partial charge is 0.490 e. The van der Waals surface area contributed by atoms with E-state index in [1.807, 2.05) is 36.2 Å². The first kappa shape index (κ1) is 68.4. The number of amides is 6. The van der Waals surface area contributed by atoms with Crippen LogP contribution in [0.3, 0.4) is 0 Å². The van der Waals surface area contributed by atoms with E-state index < -0.39 is 34.5 Å². The van der Waals surface area contributed by atoms with Gasteiger partial charge in [-0.15, -0.1) is 0 Å². The van der Waals surface area contributed by atoms with Crippen molar-refractivity contribution in [3.63, 3.8) is 0 Å². The Morgan fingerprint density at radius 2 is 1.14 bits per heavy atom.